The van der Waals surface area contributed by atoms with E-state index in [-0.39, 0.29) is 19.1 Å². The summed E-state index contributed by atoms with van der Waals surface area (Å²) in [5, 5.41) is 4.08. The molecule has 2 N–H and O–H groups in total. The number of urea groups is 1. The molecule has 1 aliphatic rings. The highest BCUT2D eigenvalue weighted by molar-refractivity contribution is 5.89. The molecule has 170 valence electrons. The number of aliphatic imine (C=N–C) groups is 1. The summed E-state index contributed by atoms with van der Waals surface area (Å²) in [4.78, 5) is 29.2. The number of hydrogen-bond donors (Lipinski definition) is 2. The van der Waals surface area contributed by atoms with E-state index in [9.17, 15) is 27.2 Å². The minimum absolute atomic E-state index is 0.0248. The van der Waals surface area contributed by atoms with Gasteiger partial charge in [0.2, 0.25) is 0 Å². The van der Waals surface area contributed by atoms with Crippen LogP contribution in [0.1, 0.15) is 30.4 Å². The molecule has 1 heterocycles. The quantitative estimate of drug-likeness (QED) is 0.486. The predicted molar refractivity (Wildman–Crippen MR) is 109 cm³/mol. The number of rotatable bonds is 7. The largest absolute Gasteiger partial charge is 0.464 e. The molecule has 2 amide bonds. The summed E-state index contributed by atoms with van der Waals surface area (Å²) in [7, 11) is 0. The van der Waals surface area contributed by atoms with E-state index in [1.807, 2.05) is 24.3 Å². The Balaban J connectivity index is 1.77. The van der Waals surface area contributed by atoms with Crippen LogP contribution in [0.25, 0.3) is 0 Å². The first kappa shape index (κ1) is 23.2. The van der Waals surface area contributed by atoms with Gasteiger partial charge in [-0.2, -0.15) is 13.2 Å². The molecule has 2 aromatic rings. The first-order valence-electron chi connectivity index (χ1n) is 9.88. The normalized spacial score (nSPS) is 16.7. The lowest BCUT2D eigenvalue weighted by Gasteiger charge is -2.34. The van der Waals surface area contributed by atoms with Crippen molar-refractivity contribution in [3.63, 3.8) is 0 Å². The lowest BCUT2D eigenvalue weighted by molar-refractivity contribution is -0.214. The molecule has 2 aromatic carbocycles. The van der Waals surface area contributed by atoms with Gasteiger partial charge in [0.05, 0.1) is 12.3 Å². The molecule has 0 spiro atoms. The van der Waals surface area contributed by atoms with E-state index in [0.717, 1.165) is 35.5 Å². The second-order valence-electron chi connectivity index (χ2n) is 7.09. The molecule has 0 aliphatic carbocycles. The van der Waals surface area contributed by atoms with Gasteiger partial charge in [0.15, 0.2) is 0 Å². The molecule has 3 rings (SSSR count). The molecular weight excluding hydrogens is 430 g/mol. The first-order valence-corrected chi connectivity index (χ1v) is 9.88. The summed E-state index contributed by atoms with van der Waals surface area (Å²) in [6.45, 7) is 1.02. The predicted octanol–water partition coefficient (Wildman–Crippen LogP) is 4.34. The summed E-state index contributed by atoms with van der Waals surface area (Å²) in [6.07, 6.45) is -3.16. The number of para-hydroxylation sites is 1. The Bertz CT molecular complexity index is 1010. The molecule has 32 heavy (non-hydrogen) atoms. The Morgan fingerprint density at radius 1 is 1.09 bits per heavy atom. The molecule has 0 radical (unpaired) electrons. The zero-order valence-electron chi connectivity index (χ0n) is 17.1. The topological polar surface area (TPSA) is 79.8 Å². The second-order valence-corrected chi connectivity index (χ2v) is 7.09. The number of amides is 2. The van der Waals surface area contributed by atoms with Crippen molar-refractivity contribution < 1.29 is 31.9 Å². The summed E-state index contributed by atoms with van der Waals surface area (Å²) in [5.74, 6) is -2.61. The monoisotopic (exact) mass is 451 g/mol. The highest BCUT2D eigenvalue weighted by Crippen LogP contribution is 2.40. The van der Waals surface area contributed by atoms with Crippen LogP contribution in [0.15, 0.2) is 53.5 Å². The number of halogens is 4. The number of ether oxygens (including phenoxy) is 1. The van der Waals surface area contributed by atoms with Crippen LogP contribution >= 0.6 is 0 Å². The maximum Gasteiger partial charge on any atom is 0.426 e. The third-order valence-corrected chi connectivity index (χ3v) is 5.06. The molecular formula is C22H21F4N3O3. The third kappa shape index (κ3) is 4.58. The molecule has 0 aromatic heterocycles. The van der Waals surface area contributed by atoms with Crippen molar-refractivity contribution in [2.24, 2.45) is 4.99 Å². The molecule has 0 fully saturated rings. The smallest absolute Gasteiger partial charge is 0.426 e. The van der Waals surface area contributed by atoms with Crippen molar-refractivity contribution >= 4 is 23.9 Å². The highest BCUT2D eigenvalue weighted by atomic mass is 19.4. The first-order chi connectivity index (χ1) is 15.2. The van der Waals surface area contributed by atoms with Gasteiger partial charge in [-0.15, -0.1) is 0 Å². The lowest BCUT2D eigenvalue weighted by Crippen LogP contribution is -2.63. The maximum absolute atomic E-state index is 14.2. The van der Waals surface area contributed by atoms with E-state index in [2.05, 4.69) is 15.0 Å². The van der Waals surface area contributed by atoms with Gasteiger partial charge in [-0.1, -0.05) is 30.3 Å². The van der Waals surface area contributed by atoms with E-state index < -0.39 is 35.1 Å². The highest BCUT2D eigenvalue weighted by Gasteiger charge is 2.64. The fourth-order valence-electron chi connectivity index (χ4n) is 3.49. The van der Waals surface area contributed by atoms with Gasteiger partial charge in [-0.05, 0) is 42.7 Å². The third-order valence-electron chi connectivity index (χ3n) is 5.06. The Hall–Kier alpha value is -3.43. The van der Waals surface area contributed by atoms with Gasteiger partial charge < -0.3 is 15.4 Å². The Morgan fingerprint density at radius 2 is 1.78 bits per heavy atom. The molecule has 0 unspecified atom stereocenters. The number of nitrogens with zero attached hydrogens (tertiary/aromatic N) is 1. The second kappa shape index (κ2) is 9.37. The van der Waals surface area contributed by atoms with Crippen LogP contribution in [0.4, 0.5) is 28.0 Å². The van der Waals surface area contributed by atoms with E-state index in [0.29, 0.717) is 6.42 Å². The maximum atomic E-state index is 14.2. The summed E-state index contributed by atoms with van der Waals surface area (Å²) < 4.78 is 60.5. The molecule has 0 saturated carbocycles. The molecule has 10 heteroatoms. The summed E-state index contributed by atoms with van der Waals surface area (Å²) >= 11 is 0. The number of carbonyl (C=O) groups is 2. The van der Waals surface area contributed by atoms with Gasteiger partial charge in [0, 0.05) is 18.7 Å². The number of esters is 1. The molecule has 2 atom stereocenters. The van der Waals surface area contributed by atoms with Gasteiger partial charge in [0.1, 0.15) is 5.82 Å². The van der Waals surface area contributed by atoms with Crippen LogP contribution in [0, 0.1) is 5.82 Å². The van der Waals surface area contributed by atoms with E-state index >= 15 is 0 Å². The van der Waals surface area contributed by atoms with Gasteiger partial charge in [-0.25, -0.2) is 14.0 Å². The standard InChI is InChI=1S/C22H21F4N3O3/c1-2-32-19(30)21(22(24,25)26,15-7-9-16(23)10-8-15)29-20(31)27-12-11-14-13-28-18-6-4-3-5-17(14)18/h3-10,13-14H,2,11-12H2,1H3,(H2,27,29,31)/t14-,21-/m1/s1. The van der Waals surface area contributed by atoms with Crippen molar-refractivity contribution in [2.45, 2.75) is 31.0 Å². The average Bonchev–Trinajstić information content (AvgIpc) is 3.15. The van der Waals surface area contributed by atoms with Crippen LogP contribution in [-0.4, -0.2) is 37.5 Å². The van der Waals surface area contributed by atoms with E-state index in [1.165, 1.54) is 6.92 Å². The van der Waals surface area contributed by atoms with E-state index in [1.54, 1.807) is 11.5 Å². The van der Waals surface area contributed by atoms with Crippen molar-refractivity contribution in [2.75, 3.05) is 13.2 Å². The van der Waals surface area contributed by atoms with Crippen molar-refractivity contribution in [1.82, 2.24) is 10.6 Å². The van der Waals surface area contributed by atoms with Crippen LogP contribution in [0.2, 0.25) is 0 Å². The van der Waals surface area contributed by atoms with Crippen LogP contribution in [0.5, 0.6) is 0 Å². The Morgan fingerprint density at radius 3 is 2.44 bits per heavy atom. The lowest BCUT2D eigenvalue weighted by atomic mass is 9.89. The van der Waals surface area contributed by atoms with E-state index in [4.69, 9.17) is 0 Å². The zero-order chi connectivity index (χ0) is 23.4. The van der Waals surface area contributed by atoms with Gasteiger partial charge in [0.25, 0.3) is 5.54 Å². The summed E-state index contributed by atoms with van der Waals surface area (Å²) in [6, 6.07) is 9.30. The minimum atomic E-state index is -5.26. The zero-order valence-corrected chi connectivity index (χ0v) is 17.1. The minimum Gasteiger partial charge on any atom is -0.464 e. The number of benzene rings is 2. The number of alkyl halides is 3. The molecule has 0 saturated heterocycles. The van der Waals surface area contributed by atoms with Crippen molar-refractivity contribution in [3.8, 4) is 0 Å². The fraction of sp³-hybridized carbons (Fsp3) is 0.318. The van der Waals surface area contributed by atoms with Crippen LogP contribution in [0.3, 0.4) is 0 Å². The number of hydrogen-bond acceptors (Lipinski definition) is 4. The number of carbonyl (C=O) groups excluding carboxylic acids is 2. The number of nitrogens with one attached hydrogen (secondary N) is 2. The van der Waals surface area contributed by atoms with Gasteiger partial charge in [-0.3, -0.25) is 4.99 Å². The fourth-order valence-corrected chi connectivity index (χ4v) is 3.49. The van der Waals surface area contributed by atoms with Crippen LogP contribution < -0.4 is 10.6 Å². The molecule has 6 nitrogen and oxygen atoms in total. The van der Waals surface area contributed by atoms with Crippen LogP contribution in [-0.2, 0) is 15.1 Å². The molecule has 1 aliphatic heterocycles. The summed E-state index contributed by atoms with van der Waals surface area (Å²) in [5.41, 5.74) is -2.41. The number of fused-ring (bicyclic) bond motifs is 1. The van der Waals surface area contributed by atoms with Gasteiger partial charge >= 0.3 is 18.2 Å². The Labute approximate surface area is 181 Å². The van der Waals surface area contributed by atoms with Crippen molar-refractivity contribution in [3.05, 3.63) is 65.5 Å². The average molecular weight is 451 g/mol. The molecule has 0 bridgehead atoms. The van der Waals surface area contributed by atoms with Crippen molar-refractivity contribution in [1.29, 1.82) is 0 Å². The Kier molecular flexibility index (Phi) is 6.81. The SMILES string of the molecule is CCOC(=O)[C@](NC(=O)NCC[C@@H]1C=Nc2ccccc21)(c1ccc(F)cc1)C(F)(F)F.